The molecule has 0 saturated carbocycles. The van der Waals surface area contributed by atoms with Gasteiger partial charge in [0.15, 0.2) is 0 Å². The molecule has 0 unspecified atom stereocenters. The van der Waals surface area contributed by atoms with Crippen molar-refractivity contribution in [3.05, 3.63) is 77.4 Å². The van der Waals surface area contributed by atoms with Crippen molar-refractivity contribution in [3.63, 3.8) is 0 Å². The summed E-state index contributed by atoms with van der Waals surface area (Å²) >= 11 is 0. The average molecular weight is 398 g/mol. The Morgan fingerprint density at radius 1 is 0.900 bits per heavy atom. The largest absolute Gasteiger partial charge is 0.297 e. The summed E-state index contributed by atoms with van der Waals surface area (Å²) in [5.74, 6) is 0.516. The number of hydrogen-bond donors (Lipinski definition) is 1. The molecule has 152 valence electrons. The lowest BCUT2D eigenvalue weighted by Crippen LogP contribution is -2.33. The van der Waals surface area contributed by atoms with Gasteiger partial charge in [0.2, 0.25) is 0 Å². The van der Waals surface area contributed by atoms with E-state index < -0.39 is 0 Å². The number of rotatable bonds is 4. The molecule has 1 fully saturated rings. The van der Waals surface area contributed by atoms with Crippen LogP contribution in [0.2, 0.25) is 0 Å². The van der Waals surface area contributed by atoms with Crippen LogP contribution in [0.15, 0.2) is 54.7 Å². The zero-order valence-electron chi connectivity index (χ0n) is 17.6. The van der Waals surface area contributed by atoms with Crippen molar-refractivity contribution in [3.8, 4) is 11.1 Å². The van der Waals surface area contributed by atoms with Gasteiger partial charge in [0.05, 0.1) is 28.6 Å². The number of aromatic amines is 1. The maximum atomic E-state index is 4.88. The summed E-state index contributed by atoms with van der Waals surface area (Å²) in [4.78, 5) is 12.1. The number of aromatic nitrogens is 4. The Labute approximate surface area is 177 Å². The molecule has 1 N–H and O–H groups in total. The molecule has 5 heteroatoms. The lowest BCUT2D eigenvalue weighted by atomic mass is 9.88. The van der Waals surface area contributed by atoms with Gasteiger partial charge in [0, 0.05) is 23.7 Å². The molecule has 30 heavy (non-hydrogen) atoms. The molecule has 4 aromatic rings. The van der Waals surface area contributed by atoms with Gasteiger partial charge >= 0.3 is 0 Å². The second-order valence-electron chi connectivity index (χ2n) is 8.31. The first-order valence-corrected chi connectivity index (χ1v) is 10.7. The number of aryl methyl sites for hydroxylation is 2. The van der Waals surface area contributed by atoms with Gasteiger partial charge in [-0.3, -0.25) is 10.00 Å². The minimum atomic E-state index is 0.516. The number of para-hydroxylation sites is 2. The summed E-state index contributed by atoms with van der Waals surface area (Å²) in [6, 6.07) is 16.7. The molecule has 0 bridgehead atoms. The lowest BCUT2D eigenvalue weighted by molar-refractivity contribution is 0.201. The number of nitrogens with zero attached hydrogens (tertiary/aromatic N) is 4. The molecule has 5 rings (SSSR count). The van der Waals surface area contributed by atoms with Crippen molar-refractivity contribution < 1.29 is 0 Å². The Balaban J connectivity index is 1.30. The maximum absolute atomic E-state index is 4.88. The Bertz CT molecular complexity index is 1170. The number of fused-ring (bicyclic) bond motifs is 1. The van der Waals surface area contributed by atoms with E-state index in [0.717, 1.165) is 54.9 Å². The van der Waals surface area contributed by atoms with E-state index in [1.165, 1.54) is 22.4 Å². The predicted molar refractivity (Wildman–Crippen MR) is 120 cm³/mol. The van der Waals surface area contributed by atoms with Gasteiger partial charge in [-0.2, -0.15) is 5.10 Å². The van der Waals surface area contributed by atoms with Crippen molar-refractivity contribution in [2.75, 3.05) is 13.1 Å². The molecule has 1 aliphatic heterocycles. The Kier molecular flexibility index (Phi) is 5.05. The van der Waals surface area contributed by atoms with Crippen molar-refractivity contribution in [1.29, 1.82) is 0 Å². The second-order valence-corrected chi connectivity index (χ2v) is 8.31. The maximum Gasteiger partial charge on any atom is 0.0890 e. The number of piperidine rings is 1. The third kappa shape index (κ3) is 3.61. The lowest BCUT2D eigenvalue weighted by Gasteiger charge is -2.32. The van der Waals surface area contributed by atoms with E-state index in [1.54, 1.807) is 0 Å². The Hall–Kier alpha value is -3.05. The van der Waals surface area contributed by atoms with Crippen LogP contribution in [0, 0.1) is 13.8 Å². The van der Waals surface area contributed by atoms with Gasteiger partial charge in [0.1, 0.15) is 0 Å². The van der Waals surface area contributed by atoms with E-state index in [4.69, 9.17) is 9.97 Å². The summed E-state index contributed by atoms with van der Waals surface area (Å²) < 4.78 is 0. The summed E-state index contributed by atoms with van der Waals surface area (Å²) in [7, 11) is 0. The first-order valence-electron chi connectivity index (χ1n) is 10.7. The van der Waals surface area contributed by atoms with Crippen molar-refractivity contribution in [2.24, 2.45) is 0 Å². The van der Waals surface area contributed by atoms with Crippen LogP contribution in [0.1, 0.15) is 41.4 Å². The molecular formula is C25H27N5. The third-order valence-corrected chi connectivity index (χ3v) is 6.32. The number of hydrogen-bond acceptors (Lipinski definition) is 4. The molecule has 2 aromatic heterocycles. The molecule has 5 nitrogen and oxygen atoms in total. The highest BCUT2D eigenvalue weighted by Gasteiger charge is 2.25. The molecular weight excluding hydrogens is 370 g/mol. The quantitative estimate of drug-likeness (QED) is 0.525. The van der Waals surface area contributed by atoms with Gasteiger partial charge in [-0.1, -0.05) is 36.4 Å². The third-order valence-electron chi connectivity index (χ3n) is 6.32. The first-order chi connectivity index (χ1) is 14.7. The summed E-state index contributed by atoms with van der Waals surface area (Å²) in [5, 5.41) is 7.69. The van der Waals surface area contributed by atoms with Gasteiger partial charge in [-0.15, -0.1) is 0 Å². The van der Waals surface area contributed by atoms with Crippen LogP contribution in [-0.4, -0.2) is 38.2 Å². The minimum absolute atomic E-state index is 0.516. The van der Waals surface area contributed by atoms with Gasteiger partial charge in [-0.25, -0.2) is 9.97 Å². The van der Waals surface area contributed by atoms with Crippen LogP contribution >= 0.6 is 0 Å². The average Bonchev–Trinajstić information content (AvgIpc) is 3.25. The van der Waals surface area contributed by atoms with Crippen LogP contribution in [0.4, 0.5) is 0 Å². The smallest absolute Gasteiger partial charge is 0.0890 e. The molecule has 3 heterocycles. The van der Waals surface area contributed by atoms with Gasteiger partial charge in [0.25, 0.3) is 0 Å². The van der Waals surface area contributed by atoms with E-state index >= 15 is 0 Å². The van der Waals surface area contributed by atoms with Crippen molar-refractivity contribution >= 4 is 11.0 Å². The summed E-state index contributed by atoms with van der Waals surface area (Å²) in [6.45, 7) is 7.22. The fraction of sp³-hybridized carbons (Fsp3) is 0.320. The van der Waals surface area contributed by atoms with E-state index in [9.17, 15) is 0 Å². The van der Waals surface area contributed by atoms with Crippen LogP contribution in [0.3, 0.4) is 0 Å². The molecule has 0 spiro atoms. The van der Waals surface area contributed by atoms with E-state index in [2.05, 4.69) is 53.2 Å². The standard InChI is InChI=1S/C25H27N5/c1-17-7-3-4-8-20(17)21-15-26-29-25(21)19-11-13-30(14-12-19)16-24-18(2)27-22-9-5-6-10-23(22)28-24/h3-10,15,19H,11-14,16H2,1-2H3,(H,26,29). The minimum Gasteiger partial charge on any atom is -0.297 e. The Morgan fingerprint density at radius 2 is 1.60 bits per heavy atom. The molecule has 0 amide bonds. The summed E-state index contributed by atoms with van der Waals surface area (Å²) in [6.07, 6.45) is 4.24. The predicted octanol–water partition coefficient (Wildman–Crippen LogP) is 5.02. The highest BCUT2D eigenvalue weighted by atomic mass is 15.1. The van der Waals surface area contributed by atoms with Crippen LogP contribution in [-0.2, 0) is 6.54 Å². The highest BCUT2D eigenvalue weighted by Crippen LogP contribution is 2.35. The van der Waals surface area contributed by atoms with Crippen molar-refractivity contribution in [1.82, 2.24) is 25.1 Å². The van der Waals surface area contributed by atoms with E-state index in [0.29, 0.717) is 5.92 Å². The zero-order valence-corrected chi connectivity index (χ0v) is 17.6. The van der Waals surface area contributed by atoms with E-state index in [1.807, 2.05) is 30.5 Å². The zero-order chi connectivity index (χ0) is 20.5. The monoisotopic (exact) mass is 397 g/mol. The number of likely N-dealkylation sites (tertiary alicyclic amines) is 1. The molecule has 0 aliphatic carbocycles. The van der Waals surface area contributed by atoms with Crippen LogP contribution in [0.5, 0.6) is 0 Å². The van der Waals surface area contributed by atoms with Crippen LogP contribution in [0.25, 0.3) is 22.2 Å². The normalized spacial score (nSPS) is 15.7. The molecule has 0 radical (unpaired) electrons. The van der Waals surface area contributed by atoms with Gasteiger partial charge in [-0.05, 0) is 63.0 Å². The van der Waals surface area contributed by atoms with Crippen LogP contribution < -0.4 is 0 Å². The molecule has 2 aromatic carbocycles. The molecule has 0 atom stereocenters. The topological polar surface area (TPSA) is 57.7 Å². The number of H-pyrrole nitrogens is 1. The second kappa shape index (κ2) is 8.00. The highest BCUT2D eigenvalue weighted by molar-refractivity contribution is 5.74. The fourth-order valence-electron chi connectivity index (χ4n) is 4.56. The molecule has 1 saturated heterocycles. The fourth-order valence-corrected chi connectivity index (χ4v) is 4.56. The number of benzene rings is 2. The Morgan fingerprint density at radius 3 is 2.37 bits per heavy atom. The number of nitrogens with one attached hydrogen (secondary N) is 1. The van der Waals surface area contributed by atoms with Gasteiger partial charge < -0.3 is 0 Å². The summed E-state index contributed by atoms with van der Waals surface area (Å²) in [5.41, 5.74) is 9.19. The van der Waals surface area contributed by atoms with E-state index in [-0.39, 0.29) is 0 Å². The first kappa shape index (κ1) is 18.9. The SMILES string of the molecule is Cc1ccccc1-c1cn[nH]c1C1CCN(Cc2nc3ccccc3nc2C)CC1. The van der Waals surface area contributed by atoms with Crippen molar-refractivity contribution in [2.45, 2.75) is 39.2 Å². The molecule has 1 aliphatic rings.